The largest absolute Gasteiger partial charge is 0.538 e. The van der Waals surface area contributed by atoms with Gasteiger partial charge in [-0.25, -0.2) is 0 Å². The number of benzene rings is 1. The van der Waals surface area contributed by atoms with Crippen LogP contribution in [0, 0.1) is 0 Å². The minimum Gasteiger partial charge on any atom is -0.454 e. The van der Waals surface area contributed by atoms with Crippen LogP contribution in [0.25, 0.3) is 0 Å². The molecule has 1 heterocycles. The third kappa shape index (κ3) is 1.41. The van der Waals surface area contributed by atoms with Crippen LogP contribution in [0.5, 0.6) is 11.5 Å². The van der Waals surface area contributed by atoms with Crippen molar-refractivity contribution in [1.82, 2.24) is 0 Å². The van der Waals surface area contributed by atoms with E-state index >= 15 is 0 Å². The Labute approximate surface area is 77.9 Å². The fraction of sp³-hybridized carbons (Fsp3) is 0.143. The third-order valence-electron chi connectivity index (χ3n) is 1.59. The number of ether oxygens (including phenoxy) is 2. The minimum absolute atomic E-state index is 0.336. The van der Waals surface area contributed by atoms with E-state index in [4.69, 9.17) is 18.5 Å². The summed E-state index contributed by atoms with van der Waals surface area (Å²) in [5.74, 6) is 1.66. The molecule has 54 valence electrons. The summed E-state index contributed by atoms with van der Waals surface area (Å²) in [7, 11) is 5.77. The lowest BCUT2D eigenvalue weighted by atomic mass is 10.3. The van der Waals surface area contributed by atoms with E-state index in [2.05, 4.69) is 0 Å². The lowest BCUT2D eigenvalue weighted by Crippen LogP contribution is -2.06. The molecule has 0 saturated carbocycles. The molecular weight excluding hydrogens is 176 g/mol. The maximum Gasteiger partial charge on any atom is 0.538 e. The van der Waals surface area contributed by atoms with Crippen molar-refractivity contribution in [3.63, 3.8) is 0 Å². The van der Waals surface area contributed by atoms with Gasteiger partial charge in [-0.15, -0.1) is 3.69 Å². The van der Waals surface area contributed by atoms with Crippen LogP contribution in [0.1, 0.15) is 0 Å². The highest BCUT2D eigenvalue weighted by atomic mass is 35.5. The van der Waals surface area contributed by atoms with Gasteiger partial charge in [0.05, 0.1) is 0 Å². The summed E-state index contributed by atoms with van der Waals surface area (Å²) in [6, 6.07) is 5.86. The molecule has 0 amide bonds. The molecule has 1 aromatic carbocycles. The molecule has 0 saturated heterocycles. The predicted octanol–water partition coefficient (Wildman–Crippen LogP) is 0.899. The molecule has 0 spiro atoms. The van der Waals surface area contributed by atoms with E-state index in [0.717, 1.165) is 11.5 Å². The van der Waals surface area contributed by atoms with Crippen molar-refractivity contribution in [2.24, 2.45) is 0 Å². The lowest BCUT2D eigenvalue weighted by molar-refractivity contribution is 0.174. The molecule has 11 heavy (non-hydrogen) atoms. The molecule has 0 aromatic heterocycles. The third-order valence-corrected chi connectivity index (χ3v) is 3.27. The molecule has 0 aliphatic carbocycles. The highest BCUT2D eigenvalue weighted by Gasteiger charge is 2.12. The maximum atomic E-state index is 5.77. The van der Waals surface area contributed by atoms with Gasteiger partial charge >= 0.3 is 19.3 Å². The van der Waals surface area contributed by atoms with Crippen molar-refractivity contribution >= 4 is 32.0 Å². The van der Waals surface area contributed by atoms with E-state index in [-0.39, 0.29) is 0 Å². The number of hydrogen-bond donors (Lipinski definition) is 0. The van der Waals surface area contributed by atoms with Crippen molar-refractivity contribution in [3.8, 4) is 11.5 Å². The molecule has 0 radical (unpaired) electrons. The maximum absolute atomic E-state index is 5.77. The summed E-state index contributed by atoms with van der Waals surface area (Å²) in [5, 5.41) is 0. The smallest absolute Gasteiger partial charge is 0.454 e. The Bertz CT molecular complexity index is 277. The van der Waals surface area contributed by atoms with Gasteiger partial charge in [0.25, 0.3) is 0 Å². The first kappa shape index (κ1) is 7.52. The molecular formula is C7H5ClMgO2. The number of rotatable bonds is 1. The van der Waals surface area contributed by atoms with Crippen LogP contribution in [0.4, 0.5) is 0 Å². The SMILES string of the molecule is [Cl][Mg][c]1ccc2c(c1)OCO2. The second kappa shape index (κ2) is 3.09. The number of fused-ring (bicyclic) bond motifs is 1. The van der Waals surface area contributed by atoms with Crippen molar-refractivity contribution in [1.29, 1.82) is 0 Å². The van der Waals surface area contributed by atoms with Gasteiger partial charge in [0.2, 0.25) is 6.79 Å². The highest BCUT2D eigenvalue weighted by molar-refractivity contribution is 7.01. The van der Waals surface area contributed by atoms with E-state index in [9.17, 15) is 0 Å². The van der Waals surface area contributed by atoms with Crippen LogP contribution in [-0.4, -0.2) is 26.1 Å². The molecule has 1 aliphatic rings. The van der Waals surface area contributed by atoms with Gasteiger partial charge in [-0.1, -0.05) is 6.07 Å². The van der Waals surface area contributed by atoms with Crippen molar-refractivity contribution < 1.29 is 9.47 Å². The quantitative estimate of drug-likeness (QED) is 0.599. The van der Waals surface area contributed by atoms with Gasteiger partial charge < -0.3 is 18.5 Å². The zero-order chi connectivity index (χ0) is 7.68. The molecule has 2 nitrogen and oxygen atoms in total. The topological polar surface area (TPSA) is 18.5 Å². The van der Waals surface area contributed by atoms with E-state index in [1.165, 1.54) is 3.69 Å². The Morgan fingerprint density at radius 1 is 1.27 bits per heavy atom. The molecule has 0 fully saturated rings. The average molecular weight is 181 g/mol. The summed E-state index contributed by atoms with van der Waals surface area (Å²) in [6.07, 6.45) is 0. The zero-order valence-corrected chi connectivity index (χ0v) is 8.01. The van der Waals surface area contributed by atoms with Crippen molar-refractivity contribution in [2.75, 3.05) is 6.79 Å². The first-order valence-electron chi connectivity index (χ1n) is 3.34. The second-order valence-corrected chi connectivity index (χ2v) is 4.21. The normalized spacial score (nSPS) is 12.8. The first-order valence-corrected chi connectivity index (χ1v) is 6.19. The molecule has 4 heteroatoms. The van der Waals surface area contributed by atoms with Crippen LogP contribution in [0.2, 0.25) is 0 Å². The summed E-state index contributed by atoms with van der Waals surface area (Å²) >= 11 is -0.591. The Balaban J connectivity index is 2.41. The predicted molar refractivity (Wildman–Crippen MR) is 43.8 cm³/mol. The van der Waals surface area contributed by atoms with Gasteiger partial charge in [-0.3, -0.25) is 0 Å². The van der Waals surface area contributed by atoms with Crippen LogP contribution in [0.15, 0.2) is 18.2 Å². The van der Waals surface area contributed by atoms with E-state index in [0.29, 0.717) is 6.79 Å². The van der Waals surface area contributed by atoms with Gasteiger partial charge in [0.15, 0.2) is 11.5 Å². The number of hydrogen-bond acceptors (Lipinski definition) is 2. The molecule has 0 unspecified atom stereocenters. The summed E-state index contributed by atoms with van der Waals surface area (Å²) < 4.78 is 11.5. The Morgan fingerprint density at radius 2 is 2.09 bits per heavy atom. The molecule has 2 rings (SSSR count). The average Bonchev–Trinajstić information content (AvgIpc) is 2.50. The van der Waals surface area contributed by atoms with Crippen LogP contribution in [-0.2, 0) is 0 Å². The van der Waals surface area contributed by atoms with Gasteiger partial charge in [-0.05, 0) is 12.1 Å². The molecule has 1 aliphatic heterocycles. The van der Waals surface area contributed by atoms with E-state index in [1.807, 2.05) is 18.2 Å². The summed E-state index contributed by atoms with van der Waals surface area (Å²) in [6.45, 7) is 0.336. The summed E-state index contributed by atoms with van der Waals surface area (Å²) in [5.41, 5.74) is 0. The van der Waals surface area contributed by atoms with Gasteiger partial charge in [-0.2, -0.15) is 0 Å². The van der Waals surface area contributed by atoms with E-state index < -0.39 is 19.3 Å². The standard InChI is InChI=1S/C7H5O2.ClH.Mg/c1-2-4-7-6(3-1)8-5-9-7;;/h1,3-4H,5H2;1H;/q;;+1/p-1. The molecule has 1 aromatic rings. The fourth-order valence-electron chi connectivity index (χ4n) is 1.02. The summed E-state index contributed by atoms with van der Waals surface area (Å²) in [4.78, 5) is 0. The highest BCUT2D eigenvalue weighted by Crippen LogP contribution is 2.29. The van der Waals surface area contributed by atoms with E-state index in [1.54, 1.807) is 0 Å². The Morgan fingerprint density at radius 3 is 2.91 bits per heavy atom. The monoisotopic (exact) mass is 180 g/mol. The Hall–Kier alpha value is -0.124. The lowest BCUT2D eigenvalue weighted by Gasteiger charge is -1.97. The number of halogens is 1. The van der Waals surface area contributed by atoms with Crippen LogP contribution >= 0.6 is 9.07 Å². The molecule has 0 atom stereocenters. The molecule has 0 bridgehead atoms. The first-order chi connectivity index (χ1) is 5.40. The zero-order valence-electron chi connectivity index (χ0n) is 5.84. The van der Waals surface area contributed by atoms with Crippen molar-refractivity contribution in [3.05, 3.63) is 18.2 Å². The minimum atomic E-state index is -0.591. The van der Waals surface area contributed by atoms with Crippen LogP contribution in [0.3, 0.4) is 0 Å². The van der Waals surface area contributed by atoms with Gasteiger partial charge in [0, 0.05) is 0 Å². The van der Waals surface area contributed by atoms with Crippen LogP contribution < -0.4 is 13.2 Å². The second-order valence-electron chi connectivity index (χ2n) is 2.32. The van der Waals surface area contributed by atoms with Gasteiger partial charge in [0.1, 0.15) is 0 Å². The Kier molecular flexibility index (Phi) is 2.11. The molecule has 0 N–H and O–H groups in total. The van der Waals surface area contributed by atoms with Crippen molar-refractivity contribution in [2.45, 2.75) is 0 Å². The fourth-order valence-corrected chi connectivity index (χ4v) is 1.99.